The van der Waals surface area contributed by atoms with Crippen LogP contribution in [0.25, 0.3) is 0 Å². The minimum Gasteiger partial charge on any atom is -0.520 e. The van der Waals surface area contributed by atoms with Crippen molar-refractivity contribution in [3.63, 3.8) is 0 Å². The van der Waals surface area contributed by atoms with Gasteiger partial charge >= 0.3 is 58.4 Å². The zero-order chi connectivity index (χ0) is 9.03. The van der Waals surface area contributed by atoms with Crippen LogP contribution < -0.4 is 56.1 Å². The average Bonchev–Trinajstić information content (AvgIpc) is 2.02. The molecule has 0 aliphatic carbocycles. The number of ether oxygens (including phenoxy) is 1. The molecule has 0 amide bonds. The number of aromatic nitrogens is 1. The molecule has 0 unspecified atom stereocenters. The summed E-state index contributed by atoms with van der Waals surface area (Å²) < 4.78 is 39.4. The van der Waals surface area contributed by atoms with Crippen LogP contribution in [0, 0.1) is 0 Å². The van der Waals surface area contributed by atoms with Gasteiger partial charge in [-0.25, -0.2) is 0 Å². The fourth-order valence-electron chi connectivity index (χ4n) is 0.623. The van der Waals surface area contributed by atoms with Crippen LogP contribution in [0.5, 0.6) is 5.75 Å². The van der Waals surface area contributed by atoms with E-state index in [-0.39, 0.29) is 57.1 Å². The standard InChI is InChI=1S/C6H6BF3NO.K/c8-7(9,10)5-12-6-2-1-3-11-4-6;/h1-4H,5H2;/q-1;+1. The summed E-state index contributed by atoms with van der Waals surface area (Å²) in [6.45, 7) is -6.09. The van der Waals surface area contributed by atoms with Crippen LogP contribution in [-0.2, 0) is 0 Å². The molecule has 0 saturated heterocycles. The zero-order valence-corrected chi connectivity index (χ0v) is 10.2. The number of hydrogen-bond donors (Lipinski definition) is 0. The number of pyridine rings is 1. The van der Waals surface area contributed by atoms with Crippen molar-refractivity contribution in [1.82, 2.24) is 4.98 Å². The van der Waals surface area contributed by atoms with Gasteiger partial charge in [-0.15, -0.1) is 0 Å². The molecule has 0 fully saturated rings. The second-order valence-corrected chi connectivity index (χ2v) is 2.21. The fraction of sp³-hybridized carbons (Fsp3) is 0.167. The van der Waals surface area contributed by atoms with Gasteiger partial charge in [0.25, 0.3) is 0 Å². The van der Waals surface area contributed by atoms with E-state index in [1.165, 1.54) is 24.5 Å². The van der Waals surface area contributed by atoms with Gasteiger partial charge in [-0.2, -0.15) is 0 Å². The van der Waals surface area contributed by atoms with Crippen molar-refractivity contribution < 1.29 is 69.1 Å². The molecule has 0 aliphatic rings. The average molecular weight is 215 g/mol. The Morgan fingerprint density at radius 1 is 1.38 bits per heavy atom. The van der Waals surface area contributed by atoms with Gasteiger partial charge in [0.05, 0.1) is 12.7 Å². The molecule has 1 rings (SSSR count). The minimum absolute atomic E-state index is 0. The van der Waals surface area contributed by atoms with Crippen molar-refractivity contribution in [3.8, 4) is 5.75 Å². The molecular formula is C6H6BF3KNO. The van der Waals surface area contributed by atoms with Crippen molar-refractivity contribution in [1.29, 1.82) is 0 Å². The maximum atomic E-state index is 11.7. The van der Waals surface area contributed by atoms with Crippen molar-refractivity contribution in [2.45, 2.75) is 0 Å². The van der Waals surface area contributed by atoms with Gasteiger partial charge in [0.2, 0.25) is 0 Å². The molecule has 66 valence electrons. The summed E-state index contributed by atoms with van der Waals surface area (Å²) in [6, 6.07) is 2.94. The van der Waals surface area contributed by atoms with Gasteiger partial charge in [-0.1, -0.05) is 0 Å². The quantitative estimate of drug-likeness (QED) is 0.594. The summed E-state index contributed by atoms with van der Waals surface area (Å²) in [4.78, 5) is 3.60. The predicted octanol–water partition coefficient (Wildman–Crippen LogP) is -1.15. The number of hydrogen-bond acceptors (Lipinski definition) is 2. The molecule has 0 aromatic carbocycles. The molecular weight excluding hydrogens is 209 g/mol. The van der Waals surface area contributed by atoms with E-state index < -0.39 is 13.5 Å². The van der Waals surface area contributed by atoms with Crippen LogP contribution in [0.1, 0.15) is 0 Å². The van der Waals surface area contributed by atoms with Gasteiger partial charge in [0.15, 0.2) is 0 Å². The Morgan fingerprint density at radius 3 is 2.54 bits per heavy atom. The van der Waals surface area contributed by atoms with Crippen molar-refractivity contribution >= 4 is 6.98 Å². The fourth-order valence-corrected chi connectivity index (χ4v) is 0.623. The molecule has 0 spiro atoms. The first-order valence-electron chi connectivity index (χ1n) is 3.32. The maximum Gasteiger partial charge on any atom is 1.00 e. The second kappa shape index (κ2) is 6.02. The van der Waals surface area contributed by atoms with Gasteiger partial charge in [0.1, 0.15) is 5.75 Å². The predicted molar refractivity (Wildman–Crippen MR) is 38.8 cm³/mol. The Labute approximate surface area is 116 Å². The smallest absolute Gasteiger partial charge is 0.520 e. The third kappa shape index (κ3) is 6.50. The first-order valence-corrected chi connectivity index (χ1v) is 3.32. The van der Waals surface area contributed by atoms with E-state index in [0.29, 0.717) is 0 Å². The Morgan fingerprint density at radius 2 is 2.08 bits per heavy atom. The summed E-state index contributed by atoms with van der Waals surface area (Å²) in [7, 11) is 0. The minimum atomic E-state index is -4.88. The number of rotatable bonds is 3. The summed E-state index contributed by atoms with van der Waals surface area (Å²) in [6.07, 6.45) is 2.70. The van der Waals surface area contributed by atoms with Crippen molar-refractivity contribution in [2.75, 3.05) is 6.51 Å². The van der Waals surface area contributed by atoms with Gasteiger partial charge in [0, 0.05) is 6.20 Å². The first-order chi connectivity index (χ1) is 5.58. The molecule has 7 heteroatoms. The van der Waals surface area contributed by atoms with Crippen molar-refractivity contribution in [3.05, 3.63) is 24.5 Å². The van der Waals surface area contributed by atoms with E-state index in [0.717, 1.165) is 0 Å². The van der Waals surface area contributed by atoms with Crippen LogP contribution in [0.15, 0.2) is 24.5 Å². The molecule has 0 radical (unpaired) electrons. The van der Waals surface area contributed by atoms with E-state index in [9.17, 15) is 12.9 Å². The molecule has 1 aromatic rings. The molecule has 0 saturated carbocycles. The van der Waals surface area contributed by atoms with Gasteiger partial charge in [-0.05, 0) is 12.1 Å². The molecule has 2 nitrogen and oxygen atoms in total. The van der Waals surface area contributed by atoms with Crippen LogP contribution >= 0.6 is 0 Å². The molecule has 1 aromatic heterocycles. The summed E-state index contributed by atoms with van der Waals surface area (Å²) in [5.41, 5.74) is 0. The monoisotopic (exact) mass is 215 g/mol. The first kappa shape index (κ1) is 13.4. The van der Waals surface area contributed by atoms with E-state index in [1.54, 1.807) is 0 Å². The summed E-state index contributed by atoms with van der Waals surface area (Å²) in [5, 5.41) is 0. The van der Waals surface area contributed by atoms with Crippen LogP contribution in [-0.4, -0.2) is 18.5 Å². The molecule has 13 heavy (non-hydrogen) atoms. The van der Waals surface area contributed by atoms with Crippen molar-refractivity contribution in [2.24, 2.45) is 0 Å². The van der Waals surface area contributed by atoms with Crippen LogP contribution in [0.2, 0.25) is 0 Å². The Balaban J connectivity index is 0.00000144. The van der Waals surface area contributed by atoms with E-state index >= 15 is 0 Å². The summed E-state index contributed by atoms with van der Waals surface area (Å²) >= 11 is 0. The van der Waals surface area contributed by atoms with Gasteiger partial charge in [-0.3, -0.25) is 4.98 Å². The second-order valence-electron chi connectivity index (χ2n) is 2.21. The van der Waals surface area contributed by atoms with E-state index in [2.05, 4.69) is 9.72 Å². The normalized spacial score (nSPS) is 10.4. The molecule has 1 heterocycles. The number of nitrogens with zero attached hydrogens (tertiary/aromatic N) is 1. The third-order valence-electron chi connectivity index (χ3n) is 1.07. The Bertz CT molecular complexity index is 243. The number of halogens is 3. The molecule has 0 atom stereocenters. The van der Waals surface area contributed by atoms with Crippen LogP contribution in [0.4, 0.5) is 12.9 Å². The topological polar surface area (TPSA) is 22.1 Å². The SMILES string of the molecule is F[B-](F)(F)COc1cccnc1.[K+]. The molecule has 0 aliphatic heterocycles. The van der Waals surface area contributed by atoms with Gasteiger partial charge < -0.3 is 17.7 Å². The third-order valence-corrected chi connectivity index (χ3v) is 1.07. The Kier molecular flexibility index (Phi) is 6.23. The van der Waals surface area contributed by atoms with E-state index in [1.807, 2.05) is 0 Å². The summed E-state index contributed by atoms with van der Waals surface area (Å²) in [5.74, 6) is 0.136. The van der Waals surface area contributed by atoms with Crippen LogP contribution in [0.3, 0.4) is 0 Å². The molecule has 0 N–H and O–H groups in total. The largest absolute Gasteiger partial charge is 1.00 e. The Hall–Kier alpha value is 0.441. The zero-order valence-electron chi connectivity index (χ0n) is 7.08. The molecule has 0 bridgehead atoms. The maximum absolute atomic E-state index is 11.7. The van der Waals surface area contributed by atoms with E-state index in [4.69, 9.17) is 0 Å².